The van der Waals surface area contributed by atoms with Crippen LogP contribution in [-0.4, -0.2) is 15.6 Å². The molecule has 0 fully saturated rings. The Hall–Kier alpha value is -3.84. The molecule has 0 atom stereocenters. The van der Waals surface area contributed by atoms with E-state index < -0.39 is 17.6 Å². The number of rotatable bonds is 6. The summed E-state index contributed by atoms with van der Waals surface area (Å²) in [4.78, 5) is 11.5. The zero-order valence-electron chi connectivity index (χ0n) is 17.5. The topological polar surface area (TPSA) is 77.5 Å². The van der Waals surface area contributed by atoms with E-state index in [-0.39, 0.29) is 17.7 Å². The monoisotopic (exact) mass is 468 g/mol. The first-order chi connectivity index (χ1) is 15.7. The van der Waals surface area contributed by atoms with Crippen LogP contribution in [-0.2, 0) is 6.61 Å². The quantitative estimate of drug-likeness (QED) is 0.328. The second-order valence-electron chi connectivity index (χ2n) is 7.46. The molecule has 0 saturated heterocycles. The third-order valence-corrected chi connectivity index (χ3v) is 5.39. The summed E-state index contributed by atoms with van der Waals surface area (Å²) in [7, 11) is 0. The summed E-state index contributed by atoms with van der Waals surface area (Å²) in [6, 6.07) is 17.1. The molecule has 0 aliphatic heterocycles. The first-order valence-electron chi connectivity index (χ1n) is 9.93. The zero-order chi connectivity index (χ0) is 23.7. The molecule has 0 spiro atoms. The van der Waals surface area contributed by atoms with E-state index >= 15 is 0 Å². The lowest BCUT2D eigenvalue weighted by molar-refractivity contribution is 0.0697. The number of nitrogens with zero attached hydrogens (tertiary/aromatic N) is 1. The summed E-state index contributed by atoms with van der Waals surface area (Å²) in [6.45, 7) is 1.67. The number of nitrogen functional groups attached to an aromatic ring is 1. The molecule has 0 aliphatic carbocycles. The van der Waals surface area contributed by atoms with Gasteiger partial charge in [-0.2, -0.15) is 0 Å². The third kappa shape index (κ3) is 4.54. The lowest BCUT2D eigenvalue weighted by Gasteiger charge is -2.17. The van der Waals surface area contributed by atoms with Gasteiger partial charge in [0.05, 0.1) is 11.3 Å². The molecule has 4 rings (SSSR count). The van der Waals surface area contributed by atoms with Crippen molar-refractivity contribution in [3.05, 3.63) is 100 Å². The molecule has 1 heterocycles. The molecular weight excluding hydrogens is 450 g/mol. The molecule has 0 unspecified atom stereocenters. The van der Waals surface area contributed by atoms with Crippen LogP contribution < -0.4 is 10.5 Å². The predicted octanol–water partition coefficient (Wildman–Crippen LogP) is 6.24. The molecule has 4 aromatic rings. The van der Waals surface area contributed by atoms with Crippen molar-refractivity contribution in [3.63, 3.8) is 0 Å². The van der Waals surface area contributed by atoms with Crippen LogP contribution in [0.4, 0.5) is 14.5 Å². The molecule has 8 heteroatoms. The van der Waals surface area contributed by atoms with Gasteiger partial charge >= 0.3 is 5.97 Å². The van der Waals surface area contributed by atoms with Crippen LogP contribution in [0.1, 0.15) is 21.6 Å². The summed E-state index contributed by atoms with van der Waals surface area (Å²) in [5, 5.41) is 9.87. The van der Waals surface area contributed by atoms with Gasteiger partial charge in [0.1, 0.15) is 12.4 Å². The summed E-state index contributed by atoms with van der Waals surface area (Å²) in [5.41, 5.74) is 8.98. The minimum absolute atomic E-state index is 0.0493. The maximum atomic E-state index is 14.1. The molecule has 0 amide bonds. The fraction of sp³-hybridized carbons (Fsp3) is 0.0800. The van der Waals surface area contributed by atoms with E-state index in [2.05, 4.69) is 0 Å². The lowest BCUT2D eigenvalue weighted by atomic mass is 10.1. The van der Waals surface area contributed by atoms with Gasteiger partial charge in [0.15, 0.2) is 11.6 Å². The number of anilines is 1. The Kier molecular flexibility index (Phi) is 6.07. The maximum Gasteiger partial charge on any atom is 0.335 e. The van der Waals surface area contributed by atoms with E-state index in [0.717, 1.165) is 11.8 Å². The van der Waals surface area contributed by atoms with Crippen molar-refractivity contribution >= 4 is 23.3 Å². The third-order valence-electron chi connectivity index (χ3n) is 5.15. The van der Waals surface area contributed by atoms with Crippen LogP contribution in [0.25, 0.3) is 16.9 Å². The Morgan fingerprint density at radius 1 is 1.09 bits per heavy atom. The van der Waals surface area contributed by atoms with Crippen LogP contribution in [0.15, 0.2) is 66.7 Å². The average Bonchev–Trinajstić information content (AvgIpc) is 3.16. The largest absolute Gasteiger partial charge is 0.488 e. The standard InChI is InChI=1S/C25H19ClF2N2O3/c1-14-5-7-22(30(14)19-10-16(25(31)32)9-18(29)12-19)20-11-17(26)6-8-23(20)33-13-15-3-2-4-21(27)24(15)28/h2-12H,13,29H2,1H3,(H,31,32). The predicted molar refractivity (Wildman–Crippen MR) is 123 cm³/mol. The van der Waals surface area contributed by atoms with Crippen molar-refractivity contribution in [2.75, 3.05) is 5.73 Å². The van der Waals surface area contributed by atoms with Crippen LogP contribution >= 0.6 is 11.6 Å². The van der Waals surface area contributed by atoms with E-state index in [1.54, 1.807) is 24.3 Å². The smallest absolute Gasteiger partial charge is 0.335 e. The summed E-state index contributed by atoms with van der Waals surface area (Å²) < 4.78 is 35.3. The first-order valence-corrected chi connectivity index (χ1v) is 10.3. The fourth-order valence-electron chi connectivity index (χ4n) is 3.62. The number of carboxylic acids is 1. The number of aryl methyl sites for hydroxylation is 1. The molecule has 1 aromatic heterocycles. The van der Waals surface area contributed by atoms with E-state index in [4.69, 9.17) is 22.1 Å². The highest BCUT2D eigenvalue weighted by molar-refractivity contribution is 6.31. The Balaban J connectivity index is 1.79. The van der Waals surface area contributed by atoms with E-state index in [0.29, 0.717) is 33.4 Å². The summed E-state index contributed by atoms with van der Waals surface area (Å²) >= 11 is 6.25. The Bertz CT molecular complexity index is 1370. The number of hydrogen-bond acceptors (Lipinski definition) is 3. The zero-order valence-corrected chi connectivity index (χ0v) is 18.2. The van der Waals surface area contributed by atoms with Crippen LogP contribution in [0.5, 0.6) is 5.75 Å². The Labute approximate surface area is 193 Å². The normalized spacial score (nSPS) is 10.9. The minimum atomic E-state index is -1.10. The molecule has 33 heavy (non-hydrogen) atoms. The van der Waals surface area contributed by atoms with Crippen molar-refractivity contribution < 1.29 is 23.4 Å². The lowest BCUT2D eigenvalue weighted by Crippen LogP contribution is -2.06. The number of nitrogens with two attached hydrogens (primary N) is 1. The van der Waals surface area contributed by atoms with Crippen molar-refractivity contribution in [3.8, 4) is 22.7 Å². The van der Waals surface area contributed by atoms with Gasteiger partial charge in [0, 0.05) is 33.2 Å². The summed E-state index contributed by atoms with van der Waals surface area (Å²) in [5.74, 6) is -2.62. The van der Waals surface area contributed by atoms with Gasteiger partial charge in [-0.05, 0) is 61.5 Å². The highest BCUT2D eigenvalue weighted by Gasteiger charge is 2.17. The van der Waals surface area contributed by atoms with Crippen molar-refractivity contribution in [2.24, 2.45) is 0 Å². The van der Waals surface area contributed by atoms with Gasteiger partial charge < -0.3 is 20.1 Å². The Morgan fingerprint density at radius 2 is 1.88 bits per heavy atom. The van der Waals surface area contributed by atoms with Gasteiger partial charge in [0.25, 0.3) is 0 Å². The van der Waals surface area contributed by atoms with Crippen molar-refractivity contribution in [2.45, 2.75) is 13.5 Å². The second kappa shape index (κ2) is 8.96. The number of carboxylic acid groups (broad SMARTS) is 1. The summed E-state index contributed by atoms with van der Waals surface area (Å²) in [6.07, 6.45) is 0. The first kappa shape index (κ1) is 22.4. The number of halogens is 3. The highest BCUT2D eigenvalue weighted by Crippen LogP contribution is 2.36. The number of ether oxygens (including phenoxy) is 1. The van der Waals surface area contributed by atoms with E-state index in [1.807, 2.05) is 23.6 Å². The van der Waals surface area contributed by atoms with E-state index in [9.17, 15) is 18.7 Å². The number of benzene rings is 3. The number of aromatic carboxylic acids is 1. The van der Waals surface area contributed by atoms with Gasteiger partial charge in [-0.25, -0.2) is 13.6 Å². The Morgan fingerprint density at radius 3 is 2.64 bits per heavy atom. The van der Waals surface area contributed by atoms with Crippen LogP contribution in [0.3, 0.4) is 0 Å². The van der Waals surface area contributed by atoms with Gasteiger partial charge in [-0.15, -0.1) is 0 Å². The number of hydrogen-bond donors (Lipinski definition) is 2. The molecule has 3 aromatic carbocycles. The van der Waals surface area contributed by atoms with Gasteiger partial charge in [-0.1, -0.05) is 23.7 Å². The SMILES string of the molecule is Cc1ccc(-c2cc(Cl)ccc2OCc2cccc(F)c2F)n1-c1cc(N)cc(C(=O)O)c1. The molecule has 3 N–H and O–H groups in total. The molecule has 0 radical (unpaired) electrons. The number of carbonyl (C=O) groups is 1. The molecule has 0 saturated carbocycles. The molecule has 0 aliphatic rings. The van der Waals surface area contributed by atoms with Gasteiger partial charge in [0.2, 0.25) is 0 Å². The second-order valence-corrected chi connectivity index (χ2v) is 7.89. The fourth-order valence-corrected chi connectivity index (χ4v) is 3.79. The van der Waals surface area contributed by atoms with Crippen LogP contribution in [0.2, 0.25) is 5.02 Å². The molecule has 168 valence electrons. The average molecular weight is 469 g/mol. The van der Waals surface area contributed by atoms with E-state index in [1.165, 1.54) is 24.3 Å². The number of aromatic nitrogens is 1. The van der Waals surface area contributed by atoms with Crippen molar-refractivity contribution in [1.82, 2.24) is 4.57 Å². The molecule has 0 bridgehead atoms. The van der Waals surface area contributed by atoms with Gasteiger partial charge in [-0.3, -0.25) is 0 Å². The van der Waals surface area contributed by atoms with Crippen LogP contribution in [0, 0.1) is 18.6 Å². The molecular formula is C25H19ClF2N2O3. The maximum absolute atomic E-state index is 14.1. The minimum Gasteiger partial charge on any atom is -0.488 e. The highest BCUT2D eigenvalue weighted by atomic mass is 35.5. The molecule has 5 nitrogen and oxygen atoms in total. The van der Waals surface area contributed by atoms with Crippen molar-refractivity contribution in [1.29, 1.82) is 0 Å².